The van der Waals surface area contributed by atoms with E-state index in [2.05, 4.69) is 20.0 Å². The van der Waals surface area contributed by atoms with Gasteiger partial charge in [0.2, 0.25) is 5.91 Å². The van der Waals surface area contributed by atoms with E-state index >= 15 is 0 Å². The Labute approximate surface area is 193 Å². The number of carbonyl (C=O) groups excluding carboxylic acids is 3. The van der Waals surface area contributed by atoms with Gasteiger partial charge in [0.15, 0.2) is 17.9 Å². The van der Waals surface area contributed by atoms with E-state index in [1.165, 1.54) is 41.0 Å². The molecule has 2 aromatic heterocycles. The van der Waals surface area contributed by atoms with Crippen LogP contribution in [0.1, 0.15) is 38.4 Å². The molecule has 0 radical (unpaired) electrons. The third kappa shape index (κ3) is 3.55. The highest BCUT2D eigenvalue weighted by molar-refractivity contribution is 7.13. The van der Waals surface area contributed by atoms with Gasteiger partial charge in [-0.3, -0.25) is 14.4 Å². The van der Waals surface area contributed by atoms with Crippen LogP contribution in [0.15, 0.2) is 36.4 Å². The highest BCUT2D eigenvalue weighted by Crippen LogP contribution is 2.37. The molecule has 0 fully saturated rings. The molecule has 0 aliphatic carbocycles. The molecule has 1 atom stereocenters. The average molecular weight is 488 g/mol. The van der Waals surface area contributed by atoms with Crippen molar-refractivity contribution in [1.29, 1.82) is 0 Å². The fraction of sp³-hybridized carbons (Fsp3) is 0.0952. The van der Waals surface area contributed by atoms with Crippen LogP contribution in [0.2, 0.25) is 5.02 Å². The Kier molecular flexibility index (Phi) is 5.14. The molecule has 0 saturated heterocycles. The second kappa shape index (κ2) is 8.01. The smallest absolute Gasteiger partial charge is 0.277 e. The van der Waals surface area contributed by atoms with Gasteiger partial charge in [-0.1, -0.05) is 17.7 Å². The number of carbonyl (C=O) groups is 3. The van der Waals surface area contributed by atoms with Gasteiger partial charge in [-0.05, 0) is 41.9 Å². The molecule has 166 valence electrons. The van der Waals surface area contributed by atoms with Crippen LogP contribution in [-0.4, -0.2) is 32.0 Å². The molecule has 12 heteroatoms. The van der Waals surface area contributed by atoms with E-state index in [0.29, 0.717) is 16.4 Å². The molecular weight excluding hydrogens is 476 g/mol. The summed E-state index contributed by atoms with van der Waals surface area (Å²) < 4.78 is 34.4. The van der Waals surface area contributed by atoms with Gasteiger partial charge >= 0.3 is 0 Å². The van der Waals surface area contributed by atoms with Gasteiger partial charge < -0.3 is 15.2 Å². The van der Waals surface area contributed by atoms with E-state index < -0.39 is 29.5 Å². The third-order valence-electron chi connectivity index (χ3n) is 5.19. The number of hydrogen-bond acceptors (Lipinski definition) is 6. The SMILES string of the molecule is O=Cc1nc(NC(=O)c2nsc3ccc(F)cc23)c2n1CC(=O)NC2c1c(F)cccc1Cl. The maximum atomic E-state index is 14.7. The van der Waals surface area contributed by atoms with Crippen LogP contribution in [0.4, 0.5) is 14.6 Å². The van der Waals surface area contributed by atoms with Gasteiger partial charge in [-0.15, -0.1) is 0 Å². The number of aromatic nitrogens is 3. The van der Waals surface area contributed by atoms with Gasteiger partial charge in [0.05, 0.1) is 10.4 Å². The second-order valence-corrected chi connectivity index (χ2v) is 8.38. The number of aldehydes is 1. The van der Waals surface area contributed by atoms with Crippen molar-refractivity contribution in [3.8, 4) is 0 Å². The number of anilines is 1. The predicted octanol–water partition coefficient (Wildman–Crippen LogP) is 3.71. The molecule has 1 unspecified atom stereocenters. The Balaban J connectivity index is 1.62. The number of amides is 2. The normalized spacial score (nSPS) is 15.2. The molecule has 3 heterocycles. The summed E-state index contributed by atoms with van der Waals surface area (Å²) in [5.41, 5.74) is 0.0921. The summed E-state index contributed by atoms with van der Waals surface area (Å²) in [6.45, 7) is -0.264. The molecule has 0 saturated carbocycles. The first-order chi connectivity index (χ1) is 15.9. The molecule has 33 heavy (non-hydrogen) atoms. The first-order valence-corrected chi connectivity index (χ1v) is 10.7. The third-order valence-corrected chi connectivity index (χ3v) is 6.35. The first kappa shape index (κ1) is 21.2. The number of rotatable bonds is 4. The van der Waals surface area contributed by atoms with Gasteiger partial charge in [0.25, 0.3) is 5.91 Å². The Morgan fingerprint density at radius 1 is 1.30 bits per heavy atom. The molecule has 0 spiro atoms. The zero-order valence-electron chi connectivity index (χ0n) is 16.4. The van der Waals surface area contributed by atoms with Crippen LogP contribution >= 0.6 is 23.1 Å². The number of fused-ring (bicyclic) bond motifs is 2. The van der Waals surface area contributed by atoms with Crippen molar-refractivity contribution < 1.29 is 23.2 Å². The topological polar surface area (TPSA) is 106 Å². The van der Waals surface area contributed by atoms with Crippen molar-refractivity contribution >= 4 is 57.1 Å². The van der Waals surface area contributed by atoms with Gasteiger partial charge in [0, 0.05) is 16.0 Å². The molecular formula is C21H12ClF2N5O3S. The van der Waals surface area contributed by atoms with Crippen molar-refractivity contribution in [3.05, 3.63) is 75.8 Å². The van der Waals surface area contributed by atoms with Crippen molar-refractivity contribution in [2.75, 3.05) is 5.32 Å². The van der Waals surface area contributed by atoms with Crippen LogP contribution in [0.5, 0.6) is 0 Å². The van der Waals surface area contributed by atoms with Gasteiger partial charge in [-0.2, -0.15) is 4.37 Å². The predicted molar refractivity (Wildman–Crippen MR) is 117 cm³/mol. The van der Waals surface area contributed by atoms with Crippen LogP contribution in [0.3, 0.4) is 0 Å². The molecule has 2 aromatic carbocycles. The Morgan fingerprint density at radius 2 is 2.12 bits per heavy atom. The van der Waals surface area contributed by atoms with Crippen LogP contribution in [0.25, 0.3) is 10.1 Å². The molecule has 5 rings (SSSR count). The number of nitrogens with one attached hydrogen (secondary N) is 2. The highest BCUT2D eigenvalue weighted by atomic mass is 35.5. The lowest BCUT2D eigenvalue weighted by Crippen LogP contribution is -2.40. The van der Waals surface area contributed by atoms with Gasteiger partial charge in [0.1, 0.15) is 29.9 Å². The molecule has 1 aliphatic rings. The molecule has 2 N–H and O–H groups in total. The minimum atomic E-state index is -1.12. The number of nitrogens with zero attached hydrogens (tertiary/aromatic N) is 3. The van der Waals surface area contributed by atoms with Crippen molar-refractivity contribution in [1.82, 2.24) is 19.2 Å². The first-order valence-electron chi connectivity index (χ1n) is 9.52. The summed E-state index contributed by atoms with van der Waals surface area (Å²) in [7, 11) is 0. The van der Waals surface area contributed by atoms with E-state index in [1.807, 2.05) is 0 Å². The number of hydrogen-bond donors (Lipinski definition) is 2. The van der Waals surface area contributed by atoms with Crippen molar-refractivity contribution in [2.45, 2.75) is 12.6 Å². The number of halogens is 3. The van der Waals surface area contributed by atoms with Crippen LogP contribution < -0.4 is 10.6 Å². The lowest BCUT2D eigenvalue weighted by Gasteiger charge is -2.28. The summed E-state index contributed by atoms with van der Waals surface area (Å²) in [5, 5.41) is 5.56. The maximum Gasteiger partial charge on any atom is 0.277 e. The maximum absolute atomic E-state index is 14.7. The number of imidazole rings is 1. The zero-order valence-corrected chi connectivity index (χ0v) is 18.0. The summed E-state index contributed by atoms with van der Waals surface area (Å²) in [6, 6.07) is 6.88. The lowest BCUT2D eigenvalue weighted by molar-refractivity contribution is -0.123. The van der Waals surface area contributed by atoms with Gasteiger partial charge in [-0.25, -0.2) is 13.8 Å². The zero-order chi connectivity index (χ0) is 23.3. The van der Waals surface area contributed by atoms with E-state index in [0.717, 1.165) is 11.5 Å². The highest BCUT2D eigenvalue weighted by Gasteiger charge is 2.35. The molecule has 4 aromatic rings. The minimum Gasteiger partial charge on any atom is -0.342 e. The van der Waals surface area contributed by atoms with E-state index in [1.54, 1.807) is 0 Å². The lowest BCUT2D eigenvalue weighted by atomic mass is 10.0. The van der Waals surface area contributed by atoms with E-state index in [-0.39, 0.29) is 40.2 Å². The average Bonchev–Trinajstić information content (AvgIpc) is 3.34. The monoisotopic (exact) mass is 487 g/mol. The summed E-state index contributed by atoms with van der Waals surface area (Å²) >= 11 is 7.23. The molecule has 0 bridgehead atoms. The van der Waals surface area contributed by atoms with Crippen molar-refractivity contribution in [2.24, 2.45) is 0 Å². The minimum absolute atomic E-state index is 0.0378. The van der Waals surface area contributed by atoms with Crippen LogP contribution in [-0.2, 0) is 11.3 Å². The summed E-state index contributed by atoms with van der Waals surface area (Å²) in [5.74, 6) is -2.64. The Morgan fingerprint density at radius 3 is 2.88 bits per heavy atom. The summed E-state index contributed by atoms with van der Waals surface area (Å²) in [6.07, 6.45) is 0.422. The largest absolute Gasteiger partial charge is 0.342 e. The Bertz CT molecular complexity index is 1450. The summed E-state index contributed by atoms with van der Waals surface area (Å²) in [4.78, 5) is 41.1. The van der Waals surface area contributed by atoms with E-state index in [4.69, 9.17) is 11.6 Å². The van der Waals surface area contributed by atoms with Crippen molar-refractivity contribution in [3.63, 3.8) is 0 Å². The Hall–Kier alpha value is -3.70. The molecule has 8 nitrogen and oxygen atoms in total. The van der Waals surface area contributed by atoms with E-state index in [9.17, 15) is 23.2 Å². The second-order valence-electron chi connectivity index (χ2n) is 7.17. The quantitative estimate of drug-likeness (QED) is 0.427. The molecule has 2 amide bonds. The number of benzene rings is 2. The molecule has 1 aliphatic heterocycles. The fourth-order valence-corrected chi connectivity index (χ4v) is 4.81. The van der Waals surface area contributed by atoms with Crippen LogP contribution in [0, 0.1) is 11.6 Å². The fourth-order valence-electron chi connectivity index (χ4n) is 3.78. The standard InChI is InChI=1S/C21H12ClF2N5O3S/c22-11-2-1-3-12(24)16(11)18-19-20(25-14(8-30)29(19)7-15(31)26-18)27-21(32)17-10-6-9(23)4-5-13(10)33-28-17/h1-6,8,18H,7H2,(H,26,31)(H,27,32).